The van der Waals surface area contributed by atoms with Crippen molar-refractivity contribution in [2.75, 3.05) is 0 Å². The van der Waals surface area contributed by atoms with Gasteiger partial charge in [-0.1, -0.05) is 87.6 Å². The van der Waals surface area contributed by atoms with Crippen LogP contribution in [-0.2, 0) is 0 Å². The summed E-state index contributed by atoms with van der Waals surface area (Å²) in [4.78, 5) is 5.56. The van der Waals surface area contributed by atoms with Crippen molar-refractivity contribution in [2.45, 2.75) is 59.1 Å². The molecule has 30 heavy (non-hydrogen) atoms. The lowest BCUT2D eigenvalue weighted by Crippen LogP contribution is -2.00. The van der Waals surface area contributed by atoms with Crippen molar-refractivity contribution >= 4 is 34.3 Å². The normalized spacial score (nSPS) is 13.7. The molecule has 2 heteroatoms. The fourth-order valence-corrected chi connectivity index (χ4v) is 7.04. The van der Waals surface area contributed by atoms with E-state index in [1.165, 1.54) is 63.7 Å². The molecule has 0 nitrogen and oxygen atoms in total. The van der Waals surface area contributed by atoms with E-state index in [0.29, 0.717) is 11.8 Å². The van der Waals surface area contributed by atoms with Crippen molar-refractivity contribution in [3.8, 4) is 22.3 Å². The zero-order valence-corrected chi connectivity index (χ0v) is 19.4. The molecule has 4 aromatic carbocycles. The lowest BCUT2D eigenvalue weighted by Gasteiger charge is -2.27. The Bertz CT molecular complexity index is 1240. The molecule has 0 radical (unpaired) electrons. The quantitative estimate of drug-likeness (QED) is 0.271. The molecule has 0 spiro atoms. The first kappa shape index (κ1) is 18.6. The van der Waals surface area contributed by atoms with Gasteiger partial charge < -0.3 is 0 Å². The fourth-order valence-electron chi connectivity index (χ4n) is 4.70. The Morgan fingerprint density at radius 1 is 0.467 bits per heavy atom. The molecule has 6 rings (SSSR count). The van der Waals surface area contributed by atoms with Crippen LogP contribution in [-0.4, -0.2) is 0 Å². The Morgan fingerprint density at radius 2 is 0.867 bits per heavy atom. The van der Waals surface area contributed by atoms with Gasteiger partial charge in [0.25, 0.3) is 0 Å². The molecular weight excluding hydrogens is 400 g/mol. The summed E-state index contributed by atoms with van der Waals surface area (Å²) >= 11 is 3.87. The van der Waals surface area contributed by atoms with Crippen LogP contribution in [0.15, 0.2) is 80.2 Å². The molecule has 0 unspecified atom stereocenters. The highest BCUT2D eigenvalue weighted by Gasteiger charge is 2.26. The maximum absolute atomic E-state index is 2.39. The molecule has 0 aromatic heterocycles. The smallest absolute Gasteiger partial charge is 0.0208 e. The molecule has 148 valence electrons. The summed E-state index contributed by atoms with van der Waals surface area (Å²) < 4.78 is 0. The largest absolute Gasteiger partial charge is 0.0888 e. The Hall–Kier alpha value is -2.16. The summed E-state index contributed by atoms with van der Waals surface area (Å²) in [5, 5.41) is 2.87. The van der Waals surface area contributed by atoms with Crippen LogP contribution in [0.5, 0.6) is 0 Å². The van der Waals surface area contributed by atoms with Gasteiger partial charge in [0.2, 0.25) is 0 Å². The molecule has 2 aliphatic rings. The van der Waals surface area contributed by atoms with Gasteiger partial charge in [-0.3, -0.25) is 0 Å². The number of hydrogen-bond donors (Lipinski definition) is 0. The zero-order chi connectivity index (χ0) is 20.6. The minimum absolute atomic E-state index is 0.552. The molecule has 0 bridgehead atoms. The average molecular weight is 425 g/mol. The summed E-state index contributed by atoms with van der Waals surface area (Å²) in [6.45, 7) is 9.09. The summed E-state index contributed by atoms with van der Waals surface area (Å²) in [5.41, 5.74) is 8.37. The Morgan fingerprint density at radius 3 is 1.27 bits per heavy atom. The van der Waals surface area contributed by atoms with Crippen molar-refractivity contribution in [3.63, 3.8) is 0 Å². The van der Waals surface area contributed by atoms with Gasteiger partial charge >= 0.3 is 0 Å². The van der Waals surface area contributed by atoms with Gasteiger partial charge in [-0.25, -0.2) is 0 Å². The fraction of sp³-hybridized carbons (Fsp3) is 0.214. The molecule has 4 aromatic rings. The number of hydrogen-bond acceptors (Lipinski definition) is 2. The Labute approximate surface area is 187 Å². The number of rotatable bonds is 2. The van der Waals surface area contributed by atoms with Crippen molar-refractivity contribution in [3.05, 3.63) is 71.8 Å². The predicted molar refractivity (Wildman–Crippen MR) is 131 cm³/mol. The number of fused-ring (bicyclic) bond motifs is 4. The monoisotopic (exact) mass is 424 g/mol. The zero-order valence-electron chi connectivity index (χ0n) is 17.7. The molecular formula is C28H24S2. The van der Waals surface area contributed by atoms with E-state index in [4.69, 9.17) is 0 Å². The number of benzene rings is 4. The maximum Gasteiger partial charge on any atom is 0.0208 e. The van der Waals surface area contributed by atoms with Gasteiger partial charge in [0.15, 0.2) is 0 Å². The van der Waals surface area contributed by atoms with Gasteiger partial charge in [0, 0.05) is 30.4 Å². The van der Waals surface area contributed by atoms with Crippen LogP contribution in [0.4, 0.5) is 0 Å². The molecule has 0 saturated heterocycles. The van der Waals surface area contributed by atoms with Gasteiger partial charge in [-0.2, -0.15) is 0 Å². The van der Waals surface area contributed by atoms with E-state index in [0.717, 1.165) is 0 Å². The Balaban J connectivity index is 1.61. The van der Waals surface area contributed by atoms with Crippen molar-refractivity contribution in [2.24, 2.45) is 0 Å². The highest BCUT2D eigenvalue weighted by molar-refractivity contribution is 8.00. The first-order valence-electron chi connectivity index (χ1n) is 10.8. The summed E-state index contributed by atoms with van der Waals surface area (Å²) in [6, 6.07) is 23.5. The third kappa shape index (κ3) is 2.63. The standard InChI is InChI=1S/C28H24S2/c1-15(2)17-5-7-19-21-9-10-22-20-8-6-18(16(3)4)14-26(20)30-24-12-11-23(27(21)28(22)24)29-25(19)13-17/h5-16H,1-4H3. The molecule has 0 saturated carbocycles. The highest BCUT2D eigenvalue weighted by Crippen LogP contribution is 2.55. The average Bonchev–Trinajstić information content (AvgIpc) is 2.75. The lowest BCUT2D eigenvalue weighted by atomic mass is 9.89. The molecule has 0 amide bonds. The second-order valence-electron chi connectivity index (χ2n) is 9.00. The van der Waals surface area contributed by atoms with Gasteiger partial charge in [0.05, 0.1) is 0 Å². The van der Waals surface area contributed by atoms with Crippen LogP contribution in [0.25, 0.3) is 33.0 Å². The van der Waals surface area contributed by atoms with Crippen LogP contribution in [0.3, 0.4) is 0 Å². The Kier molecular flexibility index (Phi) is 4.13. The second-order valence-corrected chi connectivity index (χ2v) is 11.2. The first-order chi connectivity index (χ1) is 14.5. The molecule has 2 heterocycles. The van der Waals surface area contributed by atoms with Crippen LogP contribution in [0, 0.1) is 0 Å². The first-order valence-corrected chi connectivity index (χ1v) is 12.4. The van der Waals surface area contributed by atoms with Gasteiger partial charge in [0.1, 0.15) is 0 Å². The molecule has 0 N–H and O–H groups in total. The van der Waals surface area contributed by atoms with E-state index in [9.17, 15) is 0 Å². The molecule has 2 aliphatic heterocycles. The maximum atomic E-state index is 2.39. The third-order valence-corrected chi connectivity index (χ3v) is 8.68. The van der Waals surface area contributed by atoms with E-state index in [1.54, 1.807) is 0 Å². The van der Waals surface area contributed by atoms with Gasteiger partial charge in [-0.15, -0.1) is 0 Å². The van der Waals surface area contributed by atoms with E-state index in [1.807, 2.05) is 23.5 Å². The van der Waals surface area contributed by atoms with E-state index < -0.39 is 0 Å². The van der Waals surface area contributed by atoms with Crippen LogP contribution >= 0.6 is 23.5 Å². The molecule has 0 fully saturated rings. The highest BCUT2D eigenvalue weighted by atomic mass is 32.2. The minimum Gasteiger partial charge on any atom is -0.0888 e. The van der Waals surface area contributed by atoms with E-state index in [-0.39, 0.29) is 0 Å². The van der Waals surface area contributed by atoms with Crippen molar-refractivity contribution < 1.29 is 0 Å². The van der Waals surface area contributed by atoms with E-state index >= 15 is 0 Å². The SMILES string of the molecule is CC(C)c1ccc2c(c1)Sc1ccc3c4c(ccc-2c14)-c1ccc(C(C)C)cc1S3. The molecule has 0 atom stereocenters. The topological polar surface area (TPSA) is 0 Å². The lowest BCUT2D eigenvalue weighted by molar-refractivity contribution is 0.862. The van der Waals surface area contributed by atoms with Crippen molar-refractivity contribution in [1.82, 2.24) is 0 Å². The van der Waals surface area contributed by atoms with Crippen LogP contribution < -0.4 is 0 Å². The second kappa shape index (κ2) is 6.67. The molecule has 0 aliphatic carbocycles. The summed E-state index contributed by atoms with van der Waals surface area (Å²) in [6.07, 6.45) is 0. The van der Waals surface area contributed by atoms with Crippen molar-refractivity contribution in [1.29, 1.82) is 0 Å². The predicted octanol–water partition coefficient (Wildman–Crippen LogP) is 9.35. The summed E-state index contributed by atoms with van der Waals surface area (Å²) in [7, 11) is 0. The van der Waals surface area contributed by atoms with Gasteiger partial charge in [-0.05, 0) is 69.5 Å². The summed E-state index contributed by atoms with van der Waals surface area (Å²) in [5.74, 6) is 1.10. The minimum atomic E-state index is 0.552. The van der Waals surface area contributed by atoms with Crippen LogP contribution in [0.2, 0.25) is 0 Å². The third-order valence-electron chi connectivity index (χ3n) is 6.45. The van der Waals surface area contributed by atoms with Crippen LogP contribution in [0.1, 0.15) is 50.7 Å². The van der Waals surface area contributed by atoms with E-state index in [2.05, 4.69) is 88.4 Å².